The number of amides is 2. The normalized spacial score (nSPS) is 11.8. The number of hydrogen-bond acceptors (Lipinski definition) is 3. The molecule has 0 aliphatic carbocycles. The van der Waals surface area contributed by atoms with Gasteiger partial charge in [-0.2, -0.15) is 0 Å². The van der Waals surface area contributed by atoms with Crippen molar-refractivity contribution in [3.63, 3.8) is 0 Å². The van der Waals surface area contributed by atoms with Crippen LogP contribution in [0, 0.1) is 5.92 Å². The third kappa shape index (κ3) is 4.86. The number of nitrogens with zero attached hydrogens (tertiary/aromatic N) is 1. The van der Waals surface area contributed by atoms with Crippen LogP contribution in [0.1, 0.15) is 37.0 Å². The molecule has 0 fully saturated rings. The van der Waals surface area contributed by atoms with E-state index in [9.17, 15) is 9.59 Å². The molecule has 0 aliphatic rings. The predicted octanol–water partition coefficient (Wildman–Crippen LogP) is 1.81. The van der Waals surface area contributed by atoms with Gasteiger partial charge in [0.15, 0.2) is 0 Å². The lowest BCUT2D eigenvalue weighted by atomic mass is 10.0. The summed E-state index contributed by atoms with van der Waals surface area (Å²) in [5.41, 5.74) is 1.08. The number of aliphatic hydroxyl groups excluding tert-OH is 1. The summed E-state index contributed by atoms with van der Waals surface area (Å²) in [7, 11) is 1.65. The van der Waals surface area contributed by atoms with Crippen molar-refractivity contribution in [3.8, 4) is 0 Å². The minimum atomic E-state index is -0.199. The maximum absolute atomic E-state index is 12.3. The van der Waals surface area contributed by atoms with Crippen LogP contribution < -0.4 is 10.2 Å². The van der Waals surface area contributed by atoms with Crippen molar-refractivity contribution < 1.29 is 14.7 Å². The van der Waals surface area contributed by atoms with Gasteiger partial charge in [0, 0.05) is 27.1 Å². The van der Waals surface area contributed by atoms with Crippen LogP contribution in [0.25, 0.3) is 0 Å². The van der Waals surface area contributed by atoms with Crippen LogP contribution in [-0.4, -0.2) is 37.1 Å². The van der Waals surface area contributed by atoms with Crippen LogP contribution in [0.3, 0.4) is 0 Å². The van der Waals surface area contributed by atoms with Gasteiger partial charge in [0.2, 0.25) is 5.91 Å². The number of aliphatic hydroxyl groups is 1. The Balaban J connectivity index is 2.81. The molecule has 0 aliphatic heterocycles. The molecule has 0 aromatic heterocycles. The van der Waals surface area contributed by atoms with Crippen molar-refractivity contribution in [1.82, 2.24) is 5.32 Å². The van der Waals surface area contributed by atoms with Gasteiger partial charge in [0.25, 0.3) is 5.91 Å². The van der Waals surface area contributed by atoms with Crippen LogP contribution in [-0.2, 0) is 4.79 Å². The van der Waals surface area contributed by atoms with E-state index < -0.39 is 0 Å². The summed E-state index contributed by atoms with van der Waals surface area (Å²) in [6.45, 7) is 4.14. The first-order valence-electron chi connectivity index (χ1n) is 7.23. The highest BCUT2D eigenvalue weighted by Gasteiger charge is 2.16. The molecule has 116 valence electrons. The highest BCUT2D eigenvalue weighted by Crippen LogP contribution is 2.19. The fraction of sp³-hybridized carbons (Fsp3) is 0.500. The number of nitrogens with one attached hydrogen (secondary N) is 1. The molecule has 0 saturated heterocycles. The molecule has 1 aromatic rings. The van der Waals surface area contributed by atoms with Gasteiger partial charge in [0.05, 0.1) is 11.3 Å². The molecule has 0 radical (unpaired) electrons. The standard InChI is InChI=1S/C16H24N2O3/c1-4-13(9-10-19)11-17-16(21)14-7-5-6-8-15(14)18(3)12(2)20/h5-8,13,19H,4,9-11H2,1-3H3,(H,17,21). The number of anilines is 1. The second-order valence-electron chi connectivity index (χ2n) is 5.09. The fourth-order valence-corrected chi connectivity index (χ4v) is 2.09. The topological polar surface area (TPSA) is 69.6 Å². The average Bonchev–Trinajstić information content (AvgIpc) is 2.50. The van der Waals surface area contributed by atoms with E-state index in [0.29, 0.717) is 24.2 Å². The first-order valence-corrected chi connectivity index (χ1v) is 7.23. The number of carbonyl (C=O) groups excluding carboxylic acids is 2. The van der Waals surface area contributed by atoms with E-state index in [1.807, 2.05) is 6.92 Å². The van der Waals surface area contributed by atoms with Gasteiger partial charge in [-0.3, -0.25) is 9.59 Å². The number of hydrogen-bond donors (Lipinski definition) is 2. The van der Waals surface area contributed by atoms with Crippen molar-refractivity contribution in [2.45, 2.75) is 26.7 Å². The first kappa shape index (κ1) is 17.2. The number of benzene rings is 1. The molecule has 5 heteroatoms. The van der Waals surface area contributed by atoms with Crippen LogP contribution in [0.15, 0.2) is 24.3 Å². The van der Waals surface area contributed by atoms with Gasteiger partial charge in [-0.05, 0) is 24.5 Å². The third-order valence-electron chi connectivity index (χ3n) is 3.65. The van der Waals surface area contributed by atoms with Gasteiger partial charge in [-0.15, -0.1) is 0 Å². The summed E-state index contributed by atoms with van der Waals surface area (Å²) in [5.74, 6) is -0.0614. The Bertz CT molecular complexity index is 488. The minimum Gasteiger partial charge on any atom is -0.396 e. The van der Waals surface area contributed by atoms with E-state index in [4.69, 9.17) is 5.11 Å². The molecule has 0 heterocycles. The first-order chi connectivity index (χ1) is 10.0. The molecule has 21 heavy (non-hydrogen) atoms. The van der Waals surface area contributed by atoms with Gasteiger partial charge in [-0.25, -0.2) is 0 Å². The van der Waals surface area contributed by atoms with Crippen LogP contribution in [0.5, 0.6) is 0 Å². The zero-order chi connectivity index (χ0) is 15.8. The monoisotopic (exact) mass is 292 g/mol. The molecule has 5 nitrogen and oxygen atoms in total. The quantitative estimate of drug-likeness (QED) is 0.805. The Morgan fingerprint density at radius 2 is 2.00 bits per heavy atom. The Kier molecular flexibility index (Phi) is 6.88. The zero-order valence-corrected chi connectivity index (χ0v) is 12.9. The van der Waals surface area contributed by atoms with E-state index in [1.54, 1.807) is 31.3 Å². The van der Waals surface area contributed by atoms with Crippen molar-refractivity contribution in [2.75, 3.05) is 25.1 Å². The lowest BCUT2D eigenvalue weighted by Crippen LogP contribution is -2.32. The Labute approximate surface area is 126 Å². The maximum Gasteiger partial charge on any atom is 0.253 e. The summed E-state index contributed by atoms with van der Waals surface area (Å²) < 4.78 is 0. The largest absolute Gasteiger partial charge is 0.396 e. The van der Waals surface area contributed by atoms with Gasteiger partial charge < -0.3 is 15.3 Å². The predicted molar refractivity (Wildman–Crippen MR) is 83.3 cm³/mol. The molecule has 1 aromatic carbocycles. The summed E-state index contributed by atoms with van der Waals surface area (Å²) in [5, 5.41) is 11.9. The average molecular weight is 292 g/mol. The molecule has 1 unspecified atom stereocenters. The molecule has 1 rings (SSSR count). The smallest absolute Gasteiger partial charge is 0.253 e. The Hall–Kier alpha value is -1.88. The highest BCUT2D eigenvalue weighted by atomic mass is 16.3. The van der Waals surface area contributed by atoms with Crippen molar-refractivity contribution >= 4 is 17.5 Å². The molecule has 0 spiro atoms. The number of para-hydroxylation sites is 1. The molecule has 1 atom stereocenters. The summed E-state index contributed by atoms with van der Waals surface area (Å²) in [6, 6.07) is 7.03. The molecule has 0 saturated carbocycles. The molecule has 2 amide bonds. The van der Waals surface area contributed by atoms with Gasteiger partial charge in [0.1, 0.15) is 0 Å². The van der Waals surface area contributed by atoms with Gasteiger partial charge in [-0.1, -0.05) is 25.5 Å². The molecule has 2 N–H and O–H groups in total. The van der Waals surface area contributed by atoms with Crippen molar-refractivity contribution in [2.24, 2.45) is 5.92 Å². The molecule has 0 bridgehead atoms. The lowest BCUT2D eigenvalue weighted by molar-refractivity contribution is -0.116. The van der Waals surface area contributed by atoms with E-state index >= 15 is 0 Å². The van der Waals surface area contributed by atoms with E-state index in [1.165, 1.54) is 11.8 Å². The molecular weight excluding hydrogens is 268 g/mol. The van der Waals surface area contributed by atoms with E-state index in [2.05, 4.69) is 5.32 Å². The van der Waals surface area contributed by atoms with E-state index in [-0.39, 0.29) is 24.3 Å². The maximum atomic E-state index is 12.3. The SMILES string of the molecule is CCC(CCO)CNC(=O)c1ccccc1N(C)C(C)=O. The molecular formula is C16H24N2O3. The summed E-state index contributed by atoms with van der Waals surface area (Å²) in [4.78, 5) is 25.2. The highest BCUT2D eigenvalue weighted by molar-refractivity contribution is 6.04. The number of rotatable bonds is 7. The minimum absolute atomic E-state index is 0.123. The van der Waals surface area contributed by atoms with Gasteiger partial charge >= 0.3 is 0 Å². The van der Waals surface area contributed by atoms with Crippen molar-refractivity contribution in [3.05, 3.63) is 29.8 Å². The second-order valence-corrected chi connectivity index (χ2v) is 5.09. The van der Waals surface area contributed by atoms with Crippen LogP contribution in [0.4, 0.5) is 5.69 Å². The Morgan fingerprint density at radius 3 is 2.57 bits per heavy atom. The van der Waals surface area contributed by atoms with Crippen molar-refractivity contribution in [1.29, 1.82) is 0 Å². The fourth-order valence-electron chi connectivity index (χ4n) is 2.09. The third-order valence-corrected chi connectivity index (χ3v) is 3.65. The summed E-state index contributed by atoms with van der Waals surface area (Å²) >= 11 is 0. The Morgan fingerprint density at radius 1 is 1.33 bits per heavy atom. The van der Waals surface area contributed by atoms with Crippen LogP contribution in [0.2, 0.25) is 0 Å². The summed E-state index contributed by atoms with van der Waals surface area (Å²) in [6.07, 6.45) is 1.57. The second kappa shape index (κ2) is 8.42. The zero-order valence-electron chi connectivity index (χ0n) is 12.9. The van der Waals surface area contributed by atoms with Crippen LogP contribution >= 0.6 is 0 Å². The van der Waals surface area contributed by atoms with E-state index in [0.717, 1.165) is 6.42 Å². The lowest BCUT2D eigenvalue weighted by Gasteiger charge is -2.20. The number of carbonyl (C=O) groups is 2.